The van der Waals surface area contributed by atoms with Gasteiger partial charge in [0.2, 0.25) is 5.91 Å². The number of benzene rings is 3. The van der Waals surface area contributed by atoms with Crippen LogP contribution in [0, 0.1) is 6.92 Å². The van der Waals surface area contributed by atoms with E-state index in [1.807, 2.05) is 92.7 Å². The number of thioether (sulfide) groups is 1. The monoisotopic (exact) mass is 468 g/mol. The van der Waals surface area contributed by atoms with E-state index in [9.17, 15) is 9.59 Å². The summed E-state index contributed by atoms with van der Waals surface area (Å²) in [6.07, 6.45) is 0.583. The standard InChI is InChI=1S/C27H24N4O2S/c1-3-22(25(32)28-19-13-9-10-17(2)16-19)34-27-29-21-15-8-7-14-20(21)24-30-23(26(33)31(24)27)18-11-5-4-6-12-18/h4-16,22-23H,3H2,1-2H3,(H,28,32)/t22-,23+/m1/s1. The Labute approximate surface area is 202 Å². The molecule has 7 heteroatoms. The summed E-state index contributed by atoms with van der Waals surface area (Å²) in [7, 11) is 0. The van der Waals surface area contributed by atoms with Gasteiger partial charge in [0.15, 0.2) is 11.2 Å². The zero-order valence-electron chi connectivity index (χ0n) is 18.9. The van der Waals surface area contributed by atoms with Crippen LogP contribution >= 0.6 is 11.8 Å². The molecule has 2 amide bonds. The molecule has 0 bridgehead atoms. The summed E-state index contributed by atoms with van der Waals surface area (Å²) in [5, 5.41) is 3.06. The lowest BCUT2D eigenvalue weighted by atomic mass is 10.1. The van der Waals surface area contributed by atoms with Crippen molar-refractivity contribution in [2.45, 2.75) is 31.6 Å². The number of fused-ring (bicyclic) bond motifs is 3. The van der Waals surface area contributed by atoms with Crippen LogP contribution in [0.4, 0.5) is 11.4 Å². The summed E-state index contributed by atoms with van der Waals surface area (Å²) < 4.78 is 0. The normalized spacial score (nSPS) is 17.4. The quantitative estimate of drug-likeness (QED) is 0.539. The van der Waals surface area contributed by atoms with Gasteiger partial charge in [0.25, 0.3) is 5.91 Å². The number of aryl methyl sites for hydroxylation is 1. The number of anilines is 1. The molecule has 34 heavy (non-hydrogen) atoms. The van der Waals surface area contributed by atoms with Crippen molar-refractivity contribution in [3.63, 3.8) is 0 Å². The first-order valence-electron chi connectivity index (χ1n) is 11.2. The van der Waals surface area contributed by atoms with Gasteiger partial charge in [0.1, 0.15) is 5.84 Å². The van der Waals surface area contributed by atoms with Crippen molar-refractivity contribution in [2.75, 3.05) is 5.32 Å². The van der Waals surface area contributed by atoms with E-state index in [1.54, 1.807) is 4.90 Å². The Morgan fingerprint density at radius 2 is 1.82 bits per heavy atom. The molecule has 0 saturated heterocycles. The summed E-state index contributed by atoms with van der Waals surface area (Å²) in [5.74, 6) is 0.307. The topological polar surface area (TPSA) is 74.1 Å². The maximum absolute atomic E-state index is 13.5. The number of para-hydroxylation sites is 1. The zero-order chi connectivity index (χ0) is 23.7. The van der Waals surface area contributed by atoms with Crippen molar-refractivity contribution >= 4 is 46.0 Å². The van der Waals surface area contributed by atoms with Crippen molar-refractivity contribution in [2.24, 2.45) is 9.98 Å². The van der Waals surface area contributed by atoms with Gasteiger partial charge in [-0.1, -0.05) is 73.3 Å². The molecule has 2 aliphatic heterocycles. The molecule has 2 heterocycles. The summed E-state index contributed by atoms with van der Waals surface area (Å²) in [6.45, 7) is 3.94. The van der Waals surface area contributed by atoms with Gasteiger partial charge in [-0.2, -0.15) is 0 Å². The molecule has 0 spiro atoms. The lowest BCUT2D eigenvalue weighted by Gasteiger charge is -2.27. The molecule has 0 aliphatic carbocycles. The molecule has 0 aromatic heterocycles. The number of hydrogen-bond donors (Lipinski definition) is 1. The summed E-state index contributed by atoms with van der Waals surface area (Å²) in [5.41, 5.74) is 4.22. The van der Waals surface area contributed by atoms with Crippen LogP contribution in [0.2, 0.25) is 0 Å². The number of carbonyl (C=O) groups is 2. The van der Waals surface area contributed by atoms with Crippen LogP contribution in [0.3, 0.4) is 0 Å². The molecule has 0 fully saturated rings. The molecule has 2 atom stereocenters. The van der Waals surface area contributed by atoms with Gasteiger partial charge in [0.05, 0.1) is 10.9 Å². The Hall–Kier alpha value is -3.71. The Kier molecular flexibility index (Phi) is 6.02. The fourth-order valence-electron chi connectivity index (χ4n) is 4.08. The molecule has 3 aromatic carbocycles. The second-order valence-corrected chi connectivity index (χ2v) is 9.39. The van der Waals surface area contributed by atoms with Crippen LogP contribution in [-0.2, 0) is 9.59 Å². The first-order valence-corrected chi connectivity index (χ1v) is 12.1. The summed E-state index contributed by atoms with van der Waals surface area (Å²) >= 11 is 1.30. The largest absolute Gasteiger partial charge is 0.325 e. The number of nitrogens with one attached hydrogen (secondary N) is 1. The van der Waals surface area contributed by atoms with Gasteiger partial charge in [-0.25, -0.2) is 14.9 Å². The van der Waals surface area contributed by atoms with Crippen LogP contribution in [-0.4, -0.2) is 33.0 Å². The van der Waals surface area contributed by atoms with Crippen LogP contribution in [0.25, 0.3) is 0 Å². The highest BCUT2D eigenvalue weighted by Crippen LogP contribution is 2.38. The average Bonchev–Trinajstić information content (AvgIpc) is 3.20. The molecule has 3 aromatic rings. The molecule has 0 saturated carbocycles. The molecule has 1 N–H and O–H groups in total. The lowest BCUT2D eigenvalue weighted by Crippen LogP contribution is -2.41. The fourth-order valence-corrected chi connectivity index (χ4v) is 5.10. The third kappa shape index (κ3) is 4.15. The highest BCUT2D eigenvalue weighted by molar-refractivity contribution is 8.15. The minimum absolute atomic E-state index is 0.121. The Balaban J connectivity index is 1.46. The molecule has 2 aliphatic rings. The fraction of sp³-hybridized carbons (Fsp3) is 0.185. The Morgan fingerprint density at radius 1 is 1.06 bits per heavy atom. The highest BCUT2D eigenvalue weighted by atomic mass is 32.2. The second-order valence-electron chi connectivity index (χ2n) is 8.22. The summed E-state index contributed by atoms with van der Waals surface area (Å²) in [6, 6.07) is 24.3. The van der Waals surface area contributed by atoms with Crippen LogP contribution < -0.4 is 5.32 Å². The number of carbonyl (C=O) groups excluding carboxylic acids is 2. The number of rotatable bonds is 5. The van der Waals surface area contributed by atoms with E-state index in [2.05, 4.69) is 5.32 Å². The van der Waals surface area contributed by atoms with E-state index in [0.717, 1.165) is 28.1 Å². The lowest BCUT2D eigenvalue weighted by molar-refractivity contribution is -0.124. The van der Waals surface area contributed by atoms with Crippen LogP contribution in [0.1, 0.15) is 36.1 Å². The SMILES string of the molecule is CC[C@@H](SC1=Nc2ccccc2C2=N[C@@H](c3ccccc3)C(=O)N12)C(=O)Nc1cccc(C)c1. The zero-order valence-corrected chi connectivity index (χ0v) is 19.8. The maximum Gasteiger partial charge on any atom is 0.263 e. The van der Waals surface area contributed by atoms with E-state index in [0.29, 0.717) is 17.4 Å². The van der Waals surface area contributed by atoms with Crippen LogP contribution in [0.15, 0.2) is 88.8 Å². The number of nitrogens with zero attached hydrogens (tertiary/aromatic N) is 3. The van der Waals surface area contributed by atoms with Crippen molar-refractivity contribution < 1.29 is 9.59 Å². The minimum atomic E-state index is -0.630. The molecule has 170 valence electrons. The molecule has 6 nitrogen and oxygen atoms in total. The smallest absolute Gasteiger partial charge is 0.263 e. The number of aliphatic imine (C=N–C) groups is 2. The predicted octanol–water partition coefficient (Wildman–Crippen LogP) is 5.48. The van der Waals surface area contributed by atoms with E-state index < -0.39 is 11.3 Å². The first-order chi connectivity index (χ1) is 16.5. The van der Waals surface area contributed by atoms with Crippen molar-refractivity contribution in [3.05, 3.63) is 95.6 Å². The minimum Gasteiger partial charge on any atom is -0.325 e. The first kappa shape index (κ1) is 22.1. The van der Waals surface area contributed by atoms with Crippen molar-refractivity contribution in [1.82, 2.24) is 4.90 Å². The van der Waals surface area contributed by atoms with Gasteiger partial charge in [0, 0.05) is 11.3 Å². The maximum atomic E-state index is 13.5. The number of hydrogen-bond acceptors (Lipinski definition) is 5. The Morgan fingerprint density at radius 3 is 2.59 bits per heavy atom. The molecule has 5 rings (SSSR count). The highest BCUT2D eigenvalue weighted by Gasteiger charge is 2.43. The third-order valence-electron chi connectivity index (χ3n) is 5.78. The second kappa shape index (κ2) is 9.27. The summed E-state index contributed by atoms with van der Waals surface area (Å²) in [4.78, 5) is 37.8. The molecule has 0 unspecified atom stereocenters. The molecular formula is C27H24N4O2S. The van der Waals surface area contributed by atoms with Crippen LogP contribution in [0.5, 0.6) is 0 Å². The van der Waals surface area contributed by atoms with E-state index in [1.165, 1.54) is 11.8 Å². The van der Waals surface area contributed by atoms with Gasteiger partial charge >= 0.3 is 0 Å². The van der Waals surface area contributed by atoms with Gasteiger partial charge in [-0.15, -0.1) is 0 Å². The van der Waals surface area contributed by atoms with E-state index >= 15 is 0 Å². The number of amidine groups is 2. The van der Waals surface area contributed by atoms with E-state index in [-0.39, 0.29) is 11.8 Å². The average molecular weight is 469 g/mol. The molecule has 0 radical (unpaired) electrons. The third-order valence-corrected chi connectivity index (χ3v) is 7.10. The number of amides is 2. The van der Waals surface area contributed by atoms with Gasteiger partial charge in [-0.3, -0.25) is 9.59 Å². The predicted molar refractivity (Wildman–Crippen MR) is 138 cm³/mol. The van der Waals surface area contributed by atoms with E-state index in [4.69, 9.17) is 9.98 Å². The Bertz CT molecular complexity index is 1320. The van der Waals surface area contributed by atoms with Gasteiger partial charge in [-0.05, 0) is 48.7 Å². The van der Waals surface area contributed by atoms with Gasteiger partial charge < -0.3 is 5.32 Å². The van der Waals surface area contributed by atoms with Crippen molar-refractivity contribution in [1.29, 1.82) is 0 Å². The molecular weight excluding hydrogens is 444 g/mol. The van der Waals surface area contributed by atoms with Crippen molar-refractivity contribution in [3.8, 4) is 0 Å².